The zero-order valence-corrected chi connectivity index (χ0v) is 14.3. The van der Waals surface area contributed by atoms with Crippen molar-refractivity contribution < 1.29 is 8.42 Å². The maximum Gasteiger partial charge on any atom is 0.243 e. The Morgan fingerprint density at radius 1 is 1.05 bits per heavy atom. The number of hydrogen-bond acceptors (Lipinski definition) is 2. The molecule has 2 aromatic rings. The number of hydrogen-bond donors (Lipinski definition) is 0. The standard InChI is InChI=1S/C17H22N2O2S/c1-12-5-8-17(13(2)11-12)22(20,21)19-10-9-18-14(3)6-7-16(18)15(19)4/h5-8,11,15H,9-10H2,1-4H3/t15-/m0/s1. The van der Waals surface area contributed by atoms with Crippen molar-refractivity contribution >= 4 is 10.0 Å². The second kappa shape index (κ2) is 5.25. The van der Waals surface area contributed by atoms with Crippen LogP contribution in [-0.2, 0) is 16.6 Å². The minimum Gasteiger partial charge on any atom is -0.346 e. The van der Waals surface area contributed by atoms with Crippen molar-refractivity contribution in [2.45, 2.75) is 45.2 Å². The van der Waals surface area contributed by atoms with E-state index in [0.29, 0.717) is 18.0 Å². The Morgan fingerprint density at radius 2 is 1.77 bits per heavy atom. The van der Waals surface area contributed by atoms with Gasteiger partial charge in [-0.25, -0.2) is 8.42 Å². The molecule has 0 unspecified atom stereocenters. The lowest BCUT2D eigenvalue weighted by Crippen LogP contribution is -2.41. The van der Waals surface area contributed by atoms with Gasteiger partial charge in [0.2, 0.25) is 10.0 Å². The lowest BCUT2D eigenvalue weighted by atomic mass is 10.2. The summed E-state index contributed by atoms with van der Waals surface area (Å²) in [4.78, 5) is 0.418. The molecule has 0 saturated carbocycles. The van der Waals surface area contributed by atoms with Crippen LogP contribution in [0.25, 0.3) is 0 Å². The van der Waals surface area contributed by atoms with Crippen LogP contribution in [0.3, 0.4) is 0 Å². The van der Waals surface area contributed by atoms with Gasteiger partial charge in [0, 0.05) is 24.5 Å². The molecule has 5 heteroatoms. The molecule has 1 aliphatic rings. The van der Waals surface area contributed by atoms with Gasteiger partial charge in [0.15, 0.2) is 0 Å². The maximum atomic E-state index is 13.1. The summed E-state index contributed by atoms with van der Waals surface area (Å²) in [6.45, 7) is 9.09. The molecule has 1 atom stereocenters. The van der Waals surface area contributed by atoms with Crippen molar-refractivity contribution in [3.05, 3.63) is 52.8 Å². The molecule has 0 N–H and O–H groups in total. The van der Waals surface area contributed by atoms with Gasteiger partial charge in [-0.05, 0) is 51.5 Å². The van der Waals surface area contributed by atoms with Crippen LogP contribution in [-0.4, -0.2) is 23.8 Å². The van der Waals surface area contributed by atoms with E-state index in [4.69, 9.17) is 0 Å². The Bertz CT molecular complexity index is 821. The highest BCUT2D eigenvalue weighted by molar-refractivity contribution is 7.89. The van der Waals surface area contributed by atoms with Gasteiger partial charge in [-0.2, -0.15) is 4.31 Å². The maximum absolute atomic E-state index is 13.1. The zero-order valence-electron chi connectivity index (χ0n) is 13.5. The fourth-order valence-corrected chi connectivity index (χ4v) is 5.15. The van der Waals surface area contributed by atoms with Crippen molar-refractivity contribution in [1.82, 2.24) is 8.87 Å². The van der Waals surface area contributed by atoms with Crippen LogP contribution in [0.1, 0.15) is 35.5 Å². The molecule has 1 aromatic carbocycles. The van der Waals surface area contributed by atoms with E-state index in [1.165, 1.54) is 5.69 Å². The Hall–Kier alpha value is -1.59. The summed E-state index contributed by atoms with van der Waals surface area (Å²) in [6.07, 6.45) is 0. The average Bonchev–Trinajstić information content (AvgIpc) is 2.81. The molecular weight excluding hydrogens is 296 g/mol. The number of aromatic nitrogens is 1. The Balaban J connectivity index is 2.03. The van der Waals surface area contributed by atoms with Gasteiger partial charge in [-0.1, -0.05) is 17.7 Å². The first-order valence-electron chi connectivity index (χ1n) is 7.57. The van der Waals surface area contributed by atoms with Gasteiger partial charge in [-0.3, -0.25) is 0 Å². The summed E-state index contributed by atoms with van der Waals surface area (Å²) in [7, 11) is -3.47. The fourth-order valence-electron chi connectivity index (χ4n) is 3.34. The molecule has 22 heavy (non-hydrogen) atoms. The van der Waals surface area contributed by atoms with Gasteiger partial charge in [0.25, 0.3) is 0 Å². The first-order chi connectivity index (χ1) is 10.3. The molecule has 1 aliphatic heterocycles. The molecule has 1 aromatic heterocycles. The highest BCUT2D eigenvalue weighted by atomic mass is 32.2. The number of sulfonamides is 1. The average molecular weight is 318 g/mol. The van der Waals surface area contributed by atoms with Crippen LogP contribution >= 0.6 is 0 Å². The van der Waals surface area contributed by atoms with Crippen LogP contribution in [0.2, 0.25) is 0 Å². The monoisotopic (exact) mass is 318 g/mol. The van der Waals surface area contributed by atoms with E-state index in [2.05, 4.69) is 17.6 Å². The molecule has 0 amide bonds. The summed E-state index contributed by atoms with van der Waals surface area (Å²) in [5, 5.41) is 0. The molecule has 118 valence electrons. The van der Waals surface area contributed by atoms with Crippen LogP contribution < -0.4 is 0 Å². The second-order valence-corrected chi connectivity index (χ2v) is 7.97. The van der Waals surface area contributed by atoms with Crippen molar-refractivity contribution in [2.75, 3.05) is 6.54 Å². The summed E-state index contributed by atoms with van der Waals surface area (Å²) in [6, 6.07) is 9.46. The van der Waals surface area contributed by atoms with Crippen LogP contribution in [0.4, 0.5) is 0 Å². The predicted molar refractivity (Wildman–Crippen MR) is 87.4 cm³/mol. The molecule has 0 bridgehead atoms. The van der Waals surface area contributed by atoms with Crippen molar-refractivity contribution in [3.8, 4) is 0 Å². The van der Waals surface area contributed by atoms with Crippen LogP contribution in [0.5, 0.6) is 0 Å². The third-order valence-corrected chi connectivity index (χ3v) is 6.68. The molecule has 0 saturated heterocycles. The van der Waals surface area contributed by atoms with Gasteiger partial charge in [0.05, 0.1) is 10.9 Å². The van der Waals surface area contributed by atoms with Crippen molar-refractivity contribution in [2.24, 2.45) is 0 Å². The minimum atomic E-state index is -3.47. The Kier molecular flexibility index (Phi) is 3.65. The van der Waals surface area contributed by atoms with Crippen molar-refractivity contribution in [1.29, 1.82) is 0 Å². The van der Waals surface area contributed by atoms with E-state index in [1.54, 1.807) is 10.4 Å². The van der Waals surface area contributed by atoms with Gasteiger partial charge < -0.3 is 4.57 Å². The molecule has 4 nitrogen and oxygen atoms in total. The van der Waals surface area contributed by atoms with Gasteiger partial charge >= 0.3 is 0 Å². The molecule has 2 heterocycles. The van der Waals surface area contributed by atoms with E-state index in [1.807, 2.05) is 39.0 Å². The molecular formula is C17H22N2O2S. The van der Waals surface area contributed by atoms with Crippen LogP contribution in [0, 0.1) is 20.8 Å². The van der Waals surface area contributed by atoms with E-state index in [0.717, 1.165) is 16.8 Å². The first-order valence-corrected chi connectivity index (χ1v) is 9.01. The Morgan fingerprint density at radius 3 is 2.45 bits per heavy atom. The molecule has 3 rings (SSSR count). The molecule has 0 fully saturated rings. The fraction of sp³-hybridized carbons (Fsp3) is 0.412. The lowest BCUT2D eigenvalue weighted by molar-refractivity contribution is 0.280. The van der Waals surface area contributed by atoms with Gasteiger partial charge in [0.1, 0.15) is 0 Å². The Labute approximate surface area is 132 Å². The topological polar surface area (TPSA) is 42.3 Å². The summed E-state index contributed by atoms with van der Waals surface area (Å²) < 4.78 is 30.0. The SMILES string of the molecule is Cc1ccc(S(=O)(=O)N2CCn3c(C)ccc3[C@@H]2C)c(C)c1. The quantitative estimate of drug-likeness (QED) is 0.853. The minimum absolute atomic E-state index is 0.145. The predicted octanol–water partition coefficient (Wildman–Crippen LogP) is 3.18. The van der Waals surface area contributed by atoms with Crippen LogP contribution in [0.15, 0.2) is 35.2 Å². The first kappa shape index (κ1) is 15.3. The smallest absolute Gasteiger partial charge is 0.243 e. The van der Waals surface area contributed by atoms with Gasteiger partial charge in [-0.15, -0.1) is 0 Å². The van der Waals surface area contributed by atoms with E-state index in [9.17, 15) is 8.42 Å². The number of fused-ring (bicyclic) bond motifs is 1. The number of rotatable bonds is 2. The van der Waals surface area contributed by atoms with E-state index < -0.39 is 10.0 Å². The third kappa shape index (κ3) is 2.29. The van der Waals surface area contributed by atoms with Crippen molar-refractivity contribution in [3.63, 3.8) is 0 Å². The number of nitrogens with zero attached hydrogens (tertiary/aromatic N) is 2. The highest BCUT2D eigenvalue weighted by Crippen LogP contribution is 2.33. The normalized spacial score (nSPS) is 19.2. The highest BCUT2D eigenvalue weighted by Gasteiger charge is 2.35. The lowest BCUT2D eigenvalue weighted by Gasteiger charge is -2.34. The molecule has 0 radical (unpaired) electrons. The zero-order chi connectivity index (χ0) is 16.1. The summed E-state index contributed by atoms with van der Waals surface area (Å²) >= 11 is 0. The summed E-state index contributed by atoms with van der Waals surface area (Å²) in [5.74, 6) is 0. The second-order valence-electron chi connectivity index (χ2n) is 6.11. The molecule has 0 spiro atoms. The third-order valence-electron chi connectivity index (χ3n) is 4.55. The number of aryl methyl sites for hydroxylation is 3. The van der Waals surface area contributed by atoms with E-state index >= 15 is 0 Å². The van der Waals surface area contributed by atoms with E-state index in [-0.39, 0.29) is 6.04 Å². The molecule has 0 aliphatic carbocycles. The summed E-state index contributed by atoms with van der Waals surface area (Å²) in [5.41, 5.74) is 4.14. The number of benzene rings is 1. The largest absolute Gasteiger partial charge is 0.346 e.